The van der Waals surface area contributed by atoms with Crippen LogP contribution in [0.4, 0.5) is 0 Å². The molecule has 1 aromatic heterocycles. The van der Waals surface area contributed by atoms with Gasteiger partial charge in [-0.2, -0.15) is 4.31 Å². The van der Waals surface area contributed by atoms with Gasteiger partial charge in [0.15, 0.2) is 5.52 Å². The second-order valence-electron chi connectivity index (χ2n) is 5.37. The van der Waals surface area contributed by atoms with Crippen LogP contribution >= 0.6 is 0 Å². The zero-order valence-electron chi connectivity index (χ0n) is 11.9. The number of ether oxygens (including phenoxy) is 1. The van der Waals surface area contributed by atoms with Crippen LogP contribution in [0.5, 0.6) is 0 Å². The first kappa shape index (κ1) is 14.4. The first-order valence-corrected chi connectivity index (χ1v) is 8.25. The lowest BCUT2D eigenvalue weighted by Crippen LogP contribution is -2.56. The lowest BCUT2D eigenvalue weighted by atomic mass is 9.99. The molecule has 0 saturated carbocycles. The number of hydrogen-bond donors (Lipinski definition) is 0. The molecule has 1 aromatic carbocycles. The number of fused-ring (bicyclic) bond motifs is 1. The molecule has 0 amide bonds. The number of morpholine rings is 1. The summed E-state index contributed by atoms with van der Waals surface area (Å²) in [5.74, 6) is 0. The molecule has 1 aliphatic rings. The van der Waals surface area contributed by atoms with Gasteiger partial charge >= 0.3 is 0 Å². The highest BCUT2D eigenvalue weighted by Gasteiger charge is 2.42. The topological polar surface area (TPSA) is 85.5 Å². The summed E-state index contributed by atoms with van der Waals surface area (Å²) in [5.41, 5.74) is 0.140. The van der Waals surface area contributed by atoms with Crippen LogP contribution in [0.15, 0.2) is 27.7 Å². The van der Waals surface area contributed by atoms with E-state index in [1.165, 1.54) is 10.4 Å². The fourth-order valence-electron chi connectivity index (χ4n) is 2.58. The van der Waals surface area contributed by atoms with Crippen molar-refractivity contribution in [2.24, 2.45) is 0 Å². The van der Waals surface area contributed by atoms with Crippen molar-refractivity contribution in [2.45, 2.75) is 30.7 Å². The number of benzene rings is 1. The SMILES string of the molecule is CCC1(C)COCCN1S(=O)(=O)c1cccc2nonc12. The van der Waals surface area contributed by atoms with Crippen molar-refractivity contribution in [3.8, 4) is 0 Å². The minimum atomic E-state index is -3.69. The van der Waals surface area contributed by atoms with Crippen LogP contribution in [0.3, 0.4) is 0 Å². The standard InChI is InChI=1S/C13H17N3O4S/c1-3-13(2)9-19-8-7-16(13)21(17,18)11-6-4-5-10-12(11)15-20-14-10/h4-6H,3,7-9H2,1-2H3. The number of sulfonamides is 1. The monoisotopic (exact) mass is 311 g/mol. The largest absolute Gasteiger partial charge is 0.378 e. The highest BCUT2D eigenvalue weighted by molar-refractivity contribution is 7.89. The minimum absolute atomic E-state index is 0.128. The van der Waals surface area contributed by atoms with Crippen molar-refractivity contribution in [1.29, 1.82) is 0 Å². The predicted molar refractivity (Wildman–Crippen MR) is 75.2 cm³/mol. The molecule has 7 nitrogen and oxygen atoms in total. The number of rotatable bonds is 3. The van der Waals surface area contributed by atoms with E-state index >= 15 is 0 Å². The van der Waals surface area contributed by atoms with Crippen LogP contribution in [-0.4, -0.2) is 48.3 Å². The molecule has 3 rings (SSSR count). The van der Waals surface area contributed by atoms with E-state index < -0.39 is 15.6 Å². The highest BCUT2D eigenvalue weighted by Crippen LogP contribution is 2.32. The lowest BCUT2D eigenvalue weighted by Gasteiger charge is -2.42. The summed E-state index contributed by atoms with van der Waals surface area (Å²) in [5, 5.41) is 7.43. The molecular formula is C13H17N3O4S. The van der Waals surface area contributed by atoms with Crippen LogP contribution in [0.25, 0.3) is 11.0 Å². The van der Waals surface area contributed by atoms with Crippen LogP contribution in [0, 0.1) is 0 Å². The molecule has 0 N–H and O–H groups in total. The summed E-state index contributed by atoms with van der Waals surface area (Å²) in [7, 11) is -3.69. The third-order valence-corrected chi connectivity index (χ3v) is 6.12. The molecule has 1 fully saturated rings. The third kappa shape index (κ3) is 2.23. The minimum Gasteiger partial charge on any atom is -0.378 e. The van der Waals surface area contributed by atoms with Crippen LogP contribution in [0.2, 0.25) is 0 Å². The predicted octanol–water partition coefficient (Wildman–Crippen LogP) is 1.41. The van der Waals surface area contributed by atoms with Gasteiger partial charge < -0.3 is 4.74 Å². The number of hydrogen-bond acceptors (Lipinski definition) is 6. The summed E-state index contributed by atoms with van der Waals surface area (Å²) in [4.78, 5) is 0.128. The molecule has 21 heavy (non-hydrogen) atoms. The Balaban J connectivity index is 2.13. The summed E-state index contributed by atoms with van der Waals surface area (Å²) < 4.78 is 37.7. The first-order chi connectivity index (χ1) is 9.99. The smallest absolute Gasteiger partial charge is 0.246 e. The molecule has 2 heterocycles. The second-order valence-corrected chi connectivity index (χ2v) is 7.20. The van der Waals surface area contributed by atoms with Crippen LogP contribution < -0.4 is 0 Å². The Bertz CT molecular complexity index is 758. The Hall–Kier alpha value is -1.51. The van der Waals surface area contributed by atoms with E-state index in [2.05, 4.69) is 14.9 Å². The number of aromatic nitrogens is 2. The van der Waals surface area contributed by atoms with Gasteiger partial charge in [-0.3, -0.25) is 0 Å². The van der Waals surface area contributed by atoms with Crippen molar-refractivity contribution in [1.82, 2.24) is 14.6 Å². The van der Waals surface area contributed by atoms with Gasteiger partial charge in [-0.15, -0.1) is 0 Å². The fourth-order valence-corrected chi connectivity index (χ4v) is 4.53. The molecule has 0 bridgehead atoms. The maximum Gasteiger partial charge on any atom is 0.246 e. The summed E-state index contributed by atoms with van der Waals surface area (Å²) in [6, 6.07) is 4.85. The zero-order valence-corrected chi connectivity index (χ0v) is 12.8. The van der Waals surface area contributed by atoms with Crippen molar-refractivity contribution in [3.63, 3.8) is 0 Å². The van der Waals surface area contributed by atoms with Gasteiger partial charge in [-0.25, -0.2) is 13.0 Å². The summed E-state index contributed by atoms with van der Waals surface area (Å²) >= 11 is 0. The van der Waals surface area contributed by atoms with E-state index in [0.717, 1.165) is 0 Å². The van der Waals surface area contributed by atoms with Crippen molar-refractivity contribution in [2.75, 3.05) is 19.8 Å². The average Bonchev–Trinajstić information content (AvgIpc) is 2.95. The first-order valence-electron chi connectivity index (χ1n) is 6.81. The average molecular weight is 311 g/mol. The van der Waals surface area contributed by atoms with E-state index in [-0.39, 0.29) is 10.4 Å². The molecular weight excluding hydrogens is 294 g/mol. The summed E-state index contributed by atoms with van der Waals surface area (Å²) in [6.45, 7) is 4.95. The lowest BCUT2D eigenvalue weighted by molar-refractivity contribution is -0.0185. The fraction of sp³-hybridized carbons (Fsp3) is 0.538. The molecule has 1 atom stereocenters. The van der Waals surface area contributed by atoms with Gasteiger partial charge in [0.2, 0.25) is 10.0 Å². The van der Waals surface area contributed by atoms with Crippen LogP contribution in [0.1, 0.15) is 20.3 Å². The summed E-state index contributed by atoms with van der Waals surface area (Å²) in [6.07, 6.45) is 0.666. The Morgan fingerprint density at radius 2 is 2.19 bits per heavy atom. The Morgan fingerprint density at radius 1 is 1.38 bits per heavy atom. The molecule has 0 radical (unpaired) electrons. The van der Waals surface area contributed by atoms with Crippen molar-refractivity contribution >= 4 is 21.1 Å². The molecule has 2 aromatic rings. The van der Waals surface area contributed by atoms with Crippen LogP contribution in [-0.2, 0) is 14.8 Å². The number of nitrogens with zero attached hydrogens (tertiary/aromatic N) is 3. The van der Waals surface area contributed by atoms with Gasteiger partial charge in [0, 0.05) is 6.54 Å². The van der Waals surface area contributed by atoms with Gasteiger partial charge in [0.25, 0.3) is 0 Å². The second kappa shape index (κ2) is 5.04. The van der Waals surface area contributed by atoms with E-state index in [0.29, 0.717) is 31.7 Å². The van der Waals surface area contributed by atoms with E-state index in [4.69, 9.17) is 4.74 Å². The third-order valence-electron chi connectivity index (χ3n) is 4.03. The van der Waals surface area contributed by atoms with E-state index in [1.807, 2.05) is 13.8 Å². The Morgan fingerprint density at radius 3 is 2.95 bits per heavy atom. The van der Waals surface area contributed by atoms with E-state index in [1.54, 1.807) is 12.1 Å². The molecule has 1 aliphatic heterocycles. The molecule has 0 aliphatic carbocycles. The molecule has 1 unspecified atom stereocenters. The van der Waals surface area contributed by atoms with Crippen molar-refractivity contribution < 1.29 is 17.8 Å². The Labute approximate surface area is 122 Å². The van der Waals surface area contributed by atoms with E-state index in [9.17, 15) is 8.42 Å². The normalized spacial score (nSPS) is 24.5. The van der Waals surface area contributed by atoms with Gasteiger partial charge in [-0.05, 0) is 35.8 Å². The quantitative estimate of drug-likeness (QED) is 0.852. The van der Waals surface area contributed by atoms with Crippen molar-refractivity contribution in [3.05, 3.63) is 18.2 Å². The Kier molecular flexibility index (Phi) is 3.46. The maximum absolute atomic E-state index is 13.0. The van der Waals surface area contributed by atoms with Gasteiger partial charge in [0.1, 0.15) is 10.4 Å². The van der Waals surface area contributed by atoms with Gasteiger partial charge in [0.05, 0.1) is 18.8 Å². The molecule has 8 heteroatoms. The molecule has 0 spiro atoms. The zero-order chi connectivity index (χ0) is 15.1. The molecule has 1 saturated heterocycles. The highest BCUT2D eigenvalue weighted by atomic mass is 32.2. The maximum atomic E-state index is 13.0. The molecule has 114 valence electrons. The van der Waals surface area contributed by atoms with Gasteiger partial charge in [-0.1, -0.05) is 13.0 Å².